The second kappa shape index (κ2) is 325. The molecular formula is C10H23N4S4Zn2-9. The van der Waals surface area contributed by atoms with Gasteiger partial charge in [-0.3, -0.25) is 6.58 Å². The molecule has 0 fully saturated rings. The van der Waals surface area contributed by atoms with Crippen molar-refractivity contribution in [2.75, 3.05) is 0 Å². The summed E-state index contributed by atoms with van der Waals surface area (Å²) in [6.45, 7) is 7.00. The third-order valence-electron chi connectivity index (χ3n) is 0. The van der Waals surface area contributed by atoms with E-state index in [4.69, 9.17) is 0 Å². The predicted molar refractivity (Wildman–Crippen MR) is 103 cm³/mol. The fourth-order valence-corrected chi connectivity index (χ4v) is 0. The van der Waals surface area contributed by atoms with E-state index in [0.717, 1.165) is 0 Å². The van der Waals surface area contributed by atoms with Crippen LogP contribution in [-0.4, -0.2) is 22.0 Å². The van der Waals surface area contributed by atoms with Crippen molar-refractivity contribution in [3.8, 4) is 0 Å². The molecule has 0 atom stereocenters. The van der Waals surface area contributed by atoms with Crippen molar-refractivity contribution in [1.29, 1.82) is 0 Å². The minimum Gasteiger partial charge on any atom is -0.570 e. The molecular weight excluding hydrogens is 435 g/mol. The molecule has 0 amide bonds. The topological polar surface area (TPSA) is 104 Å². The van der Waals surface area contributed by atoms with Crippen molar-refractivity contribution >= 4 is 70.8 Å². The van der Waals surface area contributed by atoms with Gasteiger partial charge in [0.2, 0.25) is 0 Å². The minimum absolute atomic E-state index is 0. The minimum atomic E-state index is 0. The molecule has 10 heteroatoms. The Morgan fingerprint density at radius 3 is 0.550 bits per heavy atom. The van der Waals surface area contributed by atoms with E-state index in [0.29, 0.717) is 0 Å². The Balaban J connectivity index is -0.00000000526. The zero-order chi connectivity index (χ0) is 12.8. The Kier molecular flexibility index (Phi) is 1400. The molecule has 8 N–H and O–H groups in total. The Hall–Kier alpha value is 0.547. The number of hydrogen-bond donors (Lipinski definition) is 4. The second-order valence-electron chi connectivity index (χ2n) is 0.471. The molecule has 0 unspecified atom stereocenters. The first-order valence-corrected chi connectivity index (χ1v) is 4.01. The summed E-state index contributed by atoms with van der Waals surface area (Å²) in [5, 5.41) is 0. The first-order chi connectivity index (χ1) is 6.66. The average molecular weight is 458 g/mol. The van der Waals surface area contributed by atoms with Gasteiger partial charge in [0.15, 0.2) is 0 Å². The molecule has 0 saturated carbocycles. The van der Waals surface area contributed by atoms with Gasteiger partial charge in [-0.05, 0) is 0 Å². The van der Waals surface area contributed by atoms with Gasteiger partial charge in [-0.25, -0.2) is 0 Å². The van der Waals surface area contributed by atoms with Gasteiger partial charge in [0.25, 0.3) is 0 Å². The zero-order valence-electron chi connectivity index (χ0n) is 12.6. The van der Waals surface area contributed by atoms with Gasteiger partial charge in [-0.1, -0.05) is 0 Å². The summed E-state index contributed by atoms with van der Waals surface area (Å²) in [4.78, 5) is 0. The normalized spacial score (nSPS) is 2.60. The Bertz CT molecular complexity index is 99.4. The van der Waals surface area contributed by atoms with E-state index in [-0.39, 0.29) is 68.7 Å². The molecule has 0 saturated heterocycles. The van der Waals surface area contributed by atoms with Crippen LogP contribution in [0, 0.1) is 36.3 Å². The summed E-state index contributed by atoms with van der Waals surface area (Å²) < 4.78 is 0. The summed E-state index contributed by atoms with van der Waals surface area (Å²) in [7, 11) is 0. The Morgan fingerprint density at radius 1 is 0.550 bits per heavy atom. The number of thiocarbonyl (C=S) groups is 4. The smallest absolute Gasteiger partial charge is 0 e. The van der Waals surface area contributed by atoms with Crippen molar-refractivity contribution in [3.05, 3.63) is 42.9 Å². The van der Waals surface area contributed by atoms with E-state index in [9.17, 15) is 0 Å². The summed E-state index contributed by atoms with van der Waals surface area (Å²) in [5.74, 6) is 0. The number of hydrogen-bond acceptors (Lipinski definition) is 4. The van der Waals surface area contributed by atoms with E-state index >= 15 is 0 Å². The monoisotopic (exact) mass is 455 g/mol. The predicted octanol–water partition coefficient (Wildman–Crippen LogP) is 1.52. The first-order valence-electron chi connectivity index (χ1n) is 2.38. The van der Waals surface area contributed by atoms with Gasteiger partial charge in [0.05, 0.1) is 0 Å². The van der Waals surface area contributed by atoms with Gasteiger partial charge in [-0.15, -0.1) is 0 Å². The van der Waals surface area contributed by atoms with E-state index in [1.165, 1.54) is 0 Å². The van der Waals surface area contributed by atoms with Crippen molar-refractivity contribution in [1.82, 2.24) is 0 Å². The van der Waals surface area contributed by atoms with Crippen molar-refractivity contribution in [2.24, 2.45) is 22.9 Å². The van der Waals surface area contributed by atoms with E-state index in [2.05, 4.69) is 85.0 Å². The van der Waals surface area contributed by atoms with Crippen LogP contribution in [0.2, 0.25) is 0 Å². The molecule has 0 aromatic heterocycles. The van der Waals surface area contributed by atoms with Crippen LogP contribution in [0.5, 0.6) is 0 Å². The van der Waals surface area contributed by atoms with Crippen molar-refractivity contribution in [2.45, 2.75) is 0 Å². The largest absolute Gasteiger partial charge is 0.570 e. The van der Waals surface area contributed by atoms with Crippen molar-refractivity contribution < 1.29 is 39.0 Å². The third-order valence-corrected chi connectivity index (χ3v) is 0. The van der Waals surface area contributed by atoms with Crippen LogP contribution < -0.4 is 22.9 Å². The van der Waals surface area contributed by atoms with Crippen LogP contribution in [0.3, 0.4) is 0 Å². The molecule has 0 bridgehead atoms. The van der Waals surface area contributed by atoms with Crippen molar-refractivity contribution in [3.63, 3.8) is 0 Å². The van der Waals surface area contributed by atoms with Gasteiger partial charge < -0.3 is 130 Å². The van der Waals surface area contributed by atoms with Crippen LogP contribution in [0.4, 0.5) is 0 Å². The molecule has 4 nitrogen and oxygen atoms in total. The van der Waals surface area contributed by atoms with E-state index in [1.807, 2.05) is 22.0 Å². The number of rotatable bonds is 0. The summed E-state index contributed by atoms with van der Waals surface area (Å²) in [5.41, 5.74) is 25.0. The SMILES string of the molecule is N[C-]=S.N[C-]=S.N[C-]=S.N[C-]=S.[CH-]=C.[CH3-].[CH3-].[CH3-].[CH3-].[Zn].[Zn]. The van der Waals surface area contributed by atoms with Gasteiger partial charge in [-0.2, -0.15) is 0 Å². The summed E-state index contributed by atoms with van der Waals surface area (Å²) >= 11 is 15.7. The molecule has 120 valence electrons. The molecule has 0 spiro atoms. The summed E-state index contributed by atoms with van der Waals surface area (Å²) in [6.07, 6.45) is 0. The fourth-order valence-electron chi connectivity index (χ4n) is 0. The van der Waals surface area contributed by atoms with Crippen LogP contribution >= 0.6 is 48.9 Å². The molecule has 0 aliphatic carbocycles. The molecule has 0 aromatic carbocycles. The van der Waals surface area contributed by atoms with Crippen LogP contribution in [0.25, 0.3) is 0 Å². The van der Waals surface area contributed by atoms with Crippen LogP contribution in [0.1, 0.15) is 0 Å². The molecule has 20 heavy (non-hydrogen) atoms. The Labute approximate surface area is 174 Å². The maximum absolute atomic E-state index is 4.41. The maximum atomic E-state index is 4.41. The average Bonchev–Trinajstić information content (AvgIpc) is 2.12. The molecule has 0 heterocycles. The molecule has 0 radical (unpaired) electrons. The molecule has 0 aromatic rings. The third kappa shape index (κ3) is 19100. The van der Waals surface area contributed by atoms with E-state index in [1.54, 1.807) is 0 Å². The standard InChI is InChI=1S/C2H3.4CH2NS.4CH3.2Zn/c1-2;4*2-1-3;;;;;;/h1H,2H2;4*(H2,2,3);4*1H3;;/q9*-1;;. The first kappa shape index (κ1) is 86.1. The molecule has 0 aliphatic rings. The molecule has 0 aliphatic heterocycles. The summed E-state index contributed by atoms with van der Waals surface area (Å²) in [6, 6.07) is 0. The fraction of sp³-hybridized carbons (Fsp3) is 0. The second-order valence-corrected chi connectivity index (χ2v) is 1.41. The van der Waals surface area contributed by atoms with Gasteiger partial charge in [0, 0.05) is 39.0 Å². The Morgan fingerprint density at radius 2 is 0.550 bits per heavy atom. The van der Waals surface area contributed by atoms with E-state index < -0.39 is 0 Å². The van der Waals surface area contributed by atoms with Gasteiger partial charge >= 0.3 is 0 Å². The van der Waals surface area contributed by atoms with Crippen LogP contribution in [-0.2, 0) is 39.0 Å². The maximum Gasteiger partial charge on any atom is 0 e. The van der Waals surface area contributed by atoms with Gasteiger partial charge in [0.1, 0.15) is 0 Å². The zero-order valence-corrected chi connectivity index (χ0v) is 21.8. The van der Waals surface area contributed by atoms with Crippen LogP contribution in [0.15, 0.2) is 6.58 Å². The molecule has 0 rings (SSSR count). The number of nitrogens with two attached hydrogens (primary N) is 4. The quantitative estimate of drug-likeness (QED) is 0.188.